The van der Waals surface area contributed by atoms with Crippen LogP contribution in [0, 0.1) is 20.8 Å². The second-order valence-electron chi connectivity index (χ2n) is 6.15. The SMILES string of the molecule is Cc1cc(C)c(C(Cl)CN(C)CCc2ccncc2)c(C)c1. The van der Waals surface area contributed by atoms with Crippen molar-refractivity contribution in [3.05, 3.63) is 64.5 Å². The van der Waals surface area contributed by atoms with E-state index in [1.165, 1.54) is 27.8 Å². The molecule has 0 amide bonds. The van der Waals surface area contributed by atoms with Gasteiger partial charge in [0.25, 0.3) is 0 Å². The fourth-order valence-corrected chi connectivity index (χ4v) is 3.59. The molecule has 1 heterocycles. The molecule has 0 saturated carbocycles. The molecular weight excluding hydrogens is 292 g/mol. The van der Waals surface area contributed by atoms with E-state index in [1.807, 2.05) is 12.4 Å². The van der Waals surface area contributed by atoms with Crippen molar-refractivity contribution in [2.24, 2.45) is 0 Å². The Labute approximate surface area is 139 Å². The molecule has 0 aliphatic carbocycles. The molecule has 2 rings (SSSR count). The van der Waals surface area contributed by atoms with Gasteiger partial charge < -0.3 is 4.90 Å². The lowest BCUT2D eigenvalue weighted by Gasteiger charge is -2.23. The lowest BCUT2D eigenvalue weighted by molar-refractivity contribution is 0.338. The molecule has 0 aliphatic heterocycles. The zero-order valence-electron chi connectivity index (χ0n) is 13.9. The number of aryl methyl sites for hydroxylation is 3. The third-order valence-corrected chi connectivity index (χ3v) is 4.41. The summed E-state index contributed by atoms with van der Waals surface area (Å²) >= 11 is 6.69. The maximum Gasteiger partial charge on any atom is 0.0717 e. The van der Waals surface area contributed by atoms with Crippen LogP contribution in [0.2, 0.25) is 0 Å². The molecule has 2 nitrogen and oxygen atoms in total. The lowest BCUT2D eigenvalue weighted by Crippen LogP contribution is -2.25. The predicted molar refractivity (Wildman–Crippen MR) is 94.7 cm³/mol. The van der Waals surface area contributed by atoms with Crippen molar-refractivity contribution in [2.45, 2.75) is 32.6 Å². The fraction of sp³-hybridized carbons (Fsp3) is 0.421. The van der Waals surface area contributed by atoms with E-state index in [-0.39, 0.29) is 5.38 Å². The van der Waals surface area contributed by atoms with E-state index in [1.54, 1.807) is 0 Å². The molecule has 0 radical (unpaired) electrons. The summed E-state index contributed by atoms with van der Waals surface area (Å²) < 4.78 is 0. The number of rotatable bonds is 6. The van der Waals surface area contributed by atoms with Gasteiger partial charge in [-0.3, -0.25) is 4.98 Å². The first-order valence-corrected chi connectivity index (χ1v) is 8.20. The Morgan fingerprint density at radius 2 is 1.68 bits per heavy atom. The van der Waals surface area contributed by atoms with Crippen molar-refractivity contribution < 1.29 is 0 Å². The van der Waals surface area contributed by atoms with Crippen LogP contribution in [0.4, 0.5) is 0 Å². The van der Waals surface area contributed by atoms with Crippen molar-refractivity contribution in [3.63, 3.8) is 0 Å². The highest BCUT2D eigenvalue weighted by Gasteiger charge is 2.16. The number of alkyl halides is 1. The zero-order chi connectivity index (χ0) is 16.1. The lowest BCUT2D eigenvalue weighted by atomic mass is 9.97. The van der Waals surface area contributed by atoms with Gasteiger partial charge in [0, 0.05) is 25.5 Å². The number of nitrogens with zero attached hydrogens (tertiary/aromatic N) is 2. The largest absolute Gasteiger partial charge is 0.304 e. The average Bonchev–Trinajstić information content (AvgIpc) is 2.45. The molecule has 1 aromatic carbocycles. The van der Waals surface area contributed by atoms with Crippen LogP contribution < -0.4 is 0 Å². The number of hydrogen-bond acceptors (Lipinski definition) is 2. The summed E-state index contributed by atoms with van der Waals surface area (Å²) in [5.74, 6) is 0. The summed E-state index contributed by atoms with van der Waals surface area (Å²) in [4.78, 5) is 6.35. The van der Waals surface area contributed by atoms with Gasteiger partial charge in [-0.05, 0) is 68.6 Å². The van der Waals surface area contributed by atoms with Gasteiger partial charge in [0.1, 0.15) is 0 Å². The molecule has 118 valence electrons. The van der Waals surface area contributed by atoms with Crippen LogP contribution in [0.15, 0.2) is 36.7 Å². The predicted octanol–water partition coefficient (Wildman–Crippen LogP) is 4.46. The first kappa shape index (κ1) is 17.0. The second kappa shape index (κ2) is 7.75. The van der Waals surface area contributed by atoms with Crippen LogP contribution in [-0.4, -0.2) is 30.0 Å². The van der Waals surface area contributed by atoms with Crippen LogP contribution in [0.3, 0.4) is 0 Å². The van der Waals surface area contributed by atoms with Crippen molar-refractivity contribution in [2.75, 3.05) is 20.1 Å². The number of hydrogen-bond donors (Lipinski definition) is 0. The average molecular weight is 317 g/mol. The standard InChI is InChI=1S/C19H25ClN2/c1-14-11-15(2)19(16(3)12-14)18(20)13-22(4)10-7-17-5-8-21-9-6-17/h5-6,8-9,11-12,18H,7,10,13H2,1-4H3. The van der Waals surface area contributed by atoms with E-state index in [0.29, 0.717) is 0 Å². The first-order chi connectivity index (χ1) is 10.5. The second-order valence-corrected chi connectivity index (χ2v) is 6.67. The van der Waals surface area contributed by atoms with Crippen LogP contribution in [0.25, 0.3) is 0 Å². The smallest absolute Gasteiger partial charge is 0.0717 e. The monoisotopic (exact) mass is 316 g/mol. The van der Waals surface area contributed by atoms with Gasteiger partial charge in [-0.25, -0.2) is 0 Å². The van der Waals surface area contributed by atoms with Gasteiger partial charge in [0.2, 0.25) is 0 Å². The number of halogens is 1. The van der Waals surface area contributed by atoms with Crippen molar-refractivity contribution in [1.29, 1.82) is 0 Å². The molecule has 22 heavy (non-hydrogen) atoms. The molecule has 0 spiro atoms. The molecule has 0 N–H and O–H groups in total. The topological polar surface area (TPSA) is 16.1 Å². The number of pyridine rings is 1. The maximum atomic E-state index is 6.69. The highest BCUT2D eigenvalue weighted by atomic mass is 35.5. The Hall–Kier alpha value is -1.38. The zero-order valence-corrected chi connectivity index (χ0v) is 14.7. The van der Waals surface area contributed by atoms with Gasteiger partial charge in [0.15, 0.2) is 0 Å². The van der Waals surface area contributed by atoms with E-state index >= 15 is 0 Å². The summed E-state index contributed by atoms with van der Waals surface area (Å²) in [6.45, 7) is 8.30. The number of benzene rings is 1. The van der Waals surface area contributed by atoms with Gasteiger partial charge in [-0.15, -0.1) is 11.6 Å². The molecule has 1 atom stereocenters. The van der Waals surface area contributed by atoms with Gasteiger partial charge in [-0.1, -0.05) is 17.7 Å². The van der Waals surface area contributed by atoms with Gasteiger partial charge in [-0.2, -0.15) is 0 Å². The minimum absolute atomic E-state index is 0.0306. The van der Waals surface area contributed by atoms with E-state index in [2.05, 4.69) is 62.0 Å². The molecule has 2 aromatic rings. The minimum Gasteiger partial charge on any atom is -0.304 e. The Kier molecular flexibility index (Phi) is 5.98. The minimum atomic E-state index is 0.0306. The Morgan fingerprint density at radius 1 is 1.09 bits per heavy atom. The van der Waals surface area contributed by atoms with Gasteiger partial charge in [0.05, 0.1) is 5.38 Å². The summed E-state index contributed by atoms with van der Waals surface area (Å²) in [6.07, 6.45) is 4.71. The number of likely N-dealkylation sites (N-methyl/N-ethyl adjacent to an activating group) is 1. The van der Waals surface area contributed by atoms with Gasteiger partial charge >= 0.3 is 0 Å². The van der Waals surface area contributed by atoms with E-state index in [9.17, 15) is 0 Å². The Bertz CT molecular complexity index is 587. The fourth-order valence-electron chi connectivity index (χ4n) is 3.01. The van der Waals surface area contributed by atoms with E-state index in [0.717, 1.165) is 19.5 Å². The molecule has 3 heteroatoms. The quantitative estimate of drug-likeness (QED) is 0.731. The molecule has 0 saturated heterocycles. The molecule has 0 aliphatic rings. The normalized spacial score (nSPS) is 12.6. The molecule has 0 fully saturated rings. The summed E-state index contributed by atoms with van der Waals surface area (Å²) in [5, 5.41) is 0.0306. The van der Waals surface area contributed by atoms with Crippen LogP contribution in [0.5, 0.6) is 0 Å². The van der Waals surface area contributed by atoms with Crippen molar-refractivity contribution >= 4 is 11.6 Å². The molecule has 1 aromatic heterocycles. The maximum absolute atomic E-state index is 6.69. The van der Waals surface area contributed by atoms with Crippen molar-refractivity contribution in [3.8, 4) is 0 Å². The highest BCUT2D eigenvalue weighted by molar-refractivity contribution is 6.21. The Morgan fingerprint density at radius 3 is 2.27 bits per heavy atom. The van der Waals surface area contributed by atoms with Crippen LogP contribution >= 0.6 is 11.6 Å². The molecule has 0 bridgehead atoms. The molecule has 1 unspecified atom stereocenters. The van der Waals surface area contributed by atoms with Crippen LogP contribution in [0.1, 0.15) is 33.2 Å². The number of aromatic nitrogens is 1. The Balaban J connectivity index is 1.95. The van der Waals surface area contributed by atoms with E-state index in [4.69, 9.17) is 11.6 Å². The summed E-state index contributed by atoms with van der Waals surface area (Å²) in [6, 6.07) is 8.57. The van der Waals surface area contributed by atoms with E-state index < -0.39 is 0 Å². The van der Waals surface area contributed by atoms with Crippen molar-refractivity contribution in [1.82, 2.24) is 9.88 Å². The third-order valence-electron chi connectivity index (χ3n) is 4.05. The molecular formula is C19H25ClN2. The third kappa shape index (κ3) is 4.56. The summed E-state index contributed by atoms with van der Waals surface area (Å²) in [7, 11) is 2.13. The first-order valence-electron chi connectivity index (χ1n) is 7.76. The van der Waals surface area contributed by atoms with Crippen LogP contribution in [-0.2, 0) is 6.42 Å². The highest BCUT2D eigenvalue weighted by Crippen LogP contribution is 2.28. The summed E-state index contributed by atoms with van der Waals surface area (Å²) in [5.41, 5.74) is 6.48.